The molecule has 1 aliphatic rings. The molecule has 1 atom stereocenters. The van der Waals surface area contributed by atoms with Crippen molar-refractivity contribution in [3.05, 3.63) is 42.5 Å². The standard InChI is InChI=1S/C19H26N4O6S3/c1-3-11-21(2)32(28,29)22-12-13-23(16(14-22)19(24)20-25)31(26,27)18-10-9-17(30-18)15-7-5-4-6-8-15/h4-10,16,25H,3,11-14H2,1-2H3,(H,20,24)/t16-/m1/s1. The second kappa shape index (κ2) is 9.95. The van der Waals surface area contributed by atoms with E-state index in [1.165, 1.54) is 18.6 Å². The maximum Gasteiger partial charge on any atom is 0.281 e. The molecule has 2 heterocycles. The van der Waals surface area contributed by atoms with Gasteiger partial charge in [0.05, 0.1) is 0 Å². The highest BCUT2D eigenvalue weighted by Gasteiger charge is 2.44. The Morgan fingerprint density at radius 1 is 1.16 bits per heavy atom. The third-order valence-electron chi connectivity index (χ3n) is 5.17. The normalized spacial score (nSPS) is 18.7. The Morgan fingerprint density at radius 2 is 1.84 bits per heavy atom. The summed E-state index contributed by atoms with van der Waals surface area (Å²) in [4.78, 5) is 13.1. The fourth-order valence-electron chi connectivity index (χ4n) is 3.49. The van der Waals surface area contributed by atoms with Crippen LogP contribution in [0, 0.1) is 0 Å². The Labute approximate surface area is 192 Å². The summed E-state index contributed by atoms with van der Waals surface area (Å²) in [5.74, 6) is -0.994. The van der Waals surface area contributed by atoms with Crippen molar-refractivity contribution < 1.29 is 26.8 Å². The number of carbonyl (C=O) groups excluding carboxylic acids is 1. The van der Waals surface area contributed by atoms with E-state index in [-0.39, 0.29) is 23.8 Å². The lowest BCUT2D eigenvalue weighted by atomic mass is 10.2. The van der Waals surface area contributed by atoms with Gasteiger partial charge in [-0.2, -0.15) is 21.3 Å². The first-order chi connectivity index (χ1) is 15.1. The molecule has 0 bridgehead atoms. The molecule has 13 heteroatoms. The Kier molecular flexibility index (Phi) is 7.70. The average molecular weight is 503 g/mol. The number of nitrogens with zero attached hydrogens (tertiary/aromatic N) is 3. The highest BCUT2D eigenvalue weighted by atomic mass is 32.2. The quantitative estimate of drug-likeness (QED) is 0.412. The maximum atomic E-state index is 13.4. The van der Waals surface area contributed by atoms with Gasteiger partial charge in [-0.3, -0.25) is 10.0 Å². The van der Waals surface area contributed by atoms with Crippen LogP contribution in [-0.2, 0) is 25.0 Å². The topological polar surface area (TPSA) is 127 Å². The summed E-state index contributed by atoms with van der Waals surface area (Å²) < 4.78 is 55.5. The molecule has 1 aliphatic heterocycles. The second-order valence-corrected chi connectivity index (χ2v) is 12.5. The summed E-state index contributed by atoms with van der Waals surface area (Å²) in [5, 5.41) is 9.18. The van der Waals surface area contributed by atoms with Crippen molar-refractivity contribution in [3.63, 3.8) is 0 Å². The summed E-state index contributed by atoms with van der Waals surface area (Å²) in [6.45, 7) is 1.39. The van der Waals surface area contributed by atoms with Gasteiger partial charge in [-0.15, -0.1) is 11.3 Å². The van der Waals surface area contributed by atoms with Crippen LogP contribution in [0.4, 0.5) is 0 Å². The number of thiophene rings is 1. The van der Waals surface area contributed by atoms with E-state index in [9.17, 15) is 26.8 Å². The Balaban J connectivity index is 1.90. The lowest BCUT2D eigenvalue weighted by Gasteiger charge is -2.39. The minimum atomic E-state index is -4.11. The van der Waals surface area contributed by atoms with Gasteiger partial charge in [0.2, 0.25) is 0 Å². The molecule has 10 nitrogen and oxygen atoms in total. The van der Waals surface area contributed by atoms with Crippen LogP contribution in [0.25, 0.3) is 10.4 Å². The second-order valence-electron chi connectivity index (χ2n) is 7.28. The highest BCUT2D eigenvalue weighted by molar-refractivity contribution is 7.91. The fourth-order valence-corrected chi connectivity index (χ4v) is 7.95. The lowest BCUT2D eigenvalue weighted by molar-refractivity contribution is -0.134. The zero-order valence-corrected chi connectivity index (χ0v) is 20.2. The zero-order valence-electron chi connectivity index (χ0n) is 17.7. The van der Waals surface area contributed by atoms with Crippen LogP contribution in [-0.4, -0.2) is 80.1 Å². The van der Waals surface area contributed by atoms with Gasteiger partial charge in [-0.05, 0) is 24.1 Å². The van der Waals surface area contributed by atoms with E-state index in [4.69, 9.17) is 0 Å². The average Bonchev–Trinajstić information content (AvgIpc) is 3.30. The molecule has 1 saturated heterocycles. The SMILES string of the molecule is CCCN(C)S(=O)(=O)N1CCN(S(=O)(=O)c2ccc(-c3ccccc3)s2)[C@@H](C(=O)NO)C1. The third-order valence-corrected chi connectivity index (χ3v) is 10.6. The van der Waals surface area contributed by atoms with Gasteiger partial charge in [-0.1, -0.05) is 37.3 Å². The number of carbonyl (C=O) groups is 1. The zero-order chi connectivity index (χ0) is 23.5. The Morgan fingerprint density at radius 3 is 2.47 bits per heavy atom. The predicted octanol–water partition coefficient (Wildman–Crippen LogP) is 1.18. The van der Waals surface area contributed by atoms with Gasteiger partial charge in [0.1, 0.15) is 10.3 Å². The van der Waals surface area contributed by atoms with Crippen LogP contribution in [0.15, 0.2) is 46.7 Å². The molecule has 0 saturated carbocycles. The van der Waals surface area contributed by atoms with Gasteiger partial charge in [0.15, 0.2) is 0 Å². The van der Waals surface area contributed by atoms with Crippen molar-refractivity contribution in [2.45, 2.75) is 23.6 Å². The minimum Gasteiger partial charge on any atom is -0.289 e. The number of nitrogens with one attached hydrogen (secondary N) is 1. The van der Waals surface area contributed by atoms with Crippen LogP contribution in [0.1, 0.15) is 13.3 Å². The number of amides is 1. The third kappa shape index (κ3) is 4.88. The molecule has 2 aromatic rings. The molecular weight excluding hydrogens is 476 g/mol. The molecule has 1 aromatic heterocycles. The van der Waals surface area contributed by atoms with Gasteiger partial charge >= 0.3 is 0 Å². The molecule has 1 fully saturated rings. The van der Waals surface area contributed by atoms with Crippen molar-refractivity contribution in [2.24, 2.45) is 0 Å². The van der Waals surface area contributed by atoms with Crippen LogP contribution >= 0.6 is 11.3 Å². The number of benzene rings is 1. The van der Waals surface area contributed by atoms with E-state index < -0.39 is 38.7 Å². The molecule has 0 aliphatic carbocycles. The molecule has 176 valence electrons. The number of hydrogen-bond donors (Lipinski definition) is 2. The number of piperazine rings is 1. The molecule has 0 spiro atoms. The van der Waals surface area contributed by atoms with Crippen LogP contribution in [0.3, 0.4) is 0 Å². The summed E-state index contributed by atoms with van der Waals surface area (Å²) in [6, 6.07) is 11.0. The first kappa shape index (κ1) is 24.8. The molecular formula is C19H26N4O6S3. The Bertz CT molecular complexity index is 1150. The van der Waals surface area contributed by atoms with Crippen LogP contribution < -0.4 is 5.48 Å². The fraction of sp³-hybridized carbons (Fsp3) is 0.421. The molecule has 2 N–H and O–H groups in total. The van der Waals surface area contributed by atoms with E-state index in [1.807, 2.05) is 37.3 Å². The number of rotatable bonds is 8. The minimum absolute atomic E-state index is 0.0338. The number of sulfonamides is 1. The largest absolute Gasteiger partial charge is 0.289 e. The summed E-state index contributed by atoms with van der Waals surface area (Å²) in [5.41, 5.74) is 2.33. The van der Waals surface area contributed by atoms with Crippen molar-refractivity contribution in [2.75, 3.05) is 33.2 Å². The van der Waals surface area contributed by atoms with Gasteiger partial charge in [0, 0.05) is 38.1 Å². The highest BCUT2D eigenvalue weighted by Crippen LogP contribution is 2.33. The first-order valence-corrected chi connectivity index (χ1v) is 13.6. The molecule has 0 radical (unpaired) electrons. The van der Waals surface area contributed by atoms with Crippen molar-refractivity contribution >= 4 is 37.5 Å². The van der Waals surface area contributed by atoms with Crippen molar-refractivity contribution in [1.29, 1.82) is 0 Å². The molecule has 3 rings (SSSR count). The smallest absolute Gasteiger partial charge is 0.281 e. The lowest BCUT2D eigenvalue weighted by Crippen LogP contribution is -2.62. The molecule has 1 aromatic carbocycles. The predicted molar refractivity (Wildman–Crippen MR) is 121 cm³/mol. The van der Waals surface area contributed by atoms with E-state index >= 15 is 0 Å². The van der Waals surface area contributed by atoms with E-state index in [1.54, 1.807) is 6.07 Å². The molecule has 0 unspecified atom stereocenters. The van der Waals surface area contributed by atoms with Crippen LogP contribution in [0.2, 0.25) is 0 Å². The summed E-state index contributed by atoms with van der Waals surface area (Å²) in [7, 11) is -6.56. The van der Waals surface area contributed by atoms with Crippen LogP contribution in [0.5, 0.6) is 0 Å². The van der Waals surface area contributed by atoms with Crippen molar-refractivity contribution in [3.8, 4) is 10.4 Å². The number of hydroxylamine groups is 1. The molecule has 1 amide bonds. The van der Waals surface area contributed by atoms with E-state index in [0.29, 0.717) is 6.42 Å². The Hall–Kier alpha value is -1.87. The van der Waals surface area contributed by atoms with E-state index in [2.05, 4.69) is 0 Å². The van der Waals surface area contributed by atoms with E-state index in [0.717, 1.165) is 34.7 Å². The first-order valence-electron chi connectivity index (χ1n) is 9.95. The van der Waals surface area contributed by atoms with Gasteiger partial charge in [-0.25, -0.2) is 13.9 Å². The summed E-state index contributed by atoms with van der Waals surface area (Å²) >= 11 is 1.06. The van der Waals surface area contributed by atoms with Gasteiger partial charge < -0.3 is 0 Å². The maximum absolute atomic E-state index is 13.4. The summed E-state index contributed by atoms with van der Waals surface area (Å²) in [6.07, 6.45) is 0.604. The molecule has 32 heavy (non-hydrogen) atoms. The van der Waals surface area contributed by atoms with Crippen molar-refractivity contribution in [1.82, 2.24) is 18.4 Å². The van der Waals surface area contributed by atoms with Gasteiger partial charge in [0.25, 0.3) is 26.1 Å². The monoisotopic (exact) mass is 502 g/mol. The number of hydrogen-bond acceptors (Lipinski definition) is 7.